The second-order valence-electron chi connectivity index (χ2n) is 2.05. The van der Waals surface area contributed by atoms with Gasteiger partial charge in [-0.3, -0.25) is 0 Å². The van der Waals surface area contributed by atoms with Crippen molar-refractivity contribution in [2.45, 2.75) is 12.5 Å². The number of aliphatic hydroxyl groups excluding tert-OH is 1. The molecule has 1 rings (SSSR count). The molecule has 0 radical (unpaired) electrons. The van der Waals surface area contributed by atoms with Crippen molar-refractivity contribution in [3.05, 3.63) is 9.48 Å². The first kappa shape index (κ1) is 9.05. The molecule has 0 saturated carbocycles. The Bertz CT molecular complexity index is 229. The third kappa shape index (κ3) is 2.19. The summed E-state index contributed by atoms with van der Waals surface area (Å²) in [6, 6.07) is -0.215. The van der Waals surface area contributed by atoms with Crippen molar-refractivity contribution in [1.29, 1.82) is 0 Å². The van der Waals surface area contributed by atoms with Crippen molar-refractivity contribution in [1.82, 2.24) is 9.59 Å². The molecule has 4 nitrogen and oxygen atoms in total. The number of halogens is 1. The van der Waals surface area contributed by atoms with Crippen LogP contribution in [0.3, 0.4) is 0 Å². The van der Waals surface area contributed by atoms with Gasteiger partial charge >= 0.3 is 0 Å². The molecule has 0 spiro atoms. The van der Waals surface area contributed by atoms with Gasteiger partial charge in [0.2, 0.25) is 0 Å². The molecule has 0 saturated heterocycles. The van der Waals surface area contributed by atoms with Gasteiger partial charge in [0.15, 0.2) is 0 Å². The van der Waals surface area contributed by atoms with Crippen LogP contribution in [0.2, 0.25) is 0 Å². The fourth-order valence-corrected chi connectivity index (χ4v) is 1.74. The van der Waals surface area contributed by atoms with E-state index in [9.17, 15) is 0 Å². The number of nitrogens with two attached hydrogens (primary N) is 1. The second-order valence-corrected chi connectivity index (χ2v) is 4.12. The van der Waals surface area contributed by atoms with Gasteiger partial charge in [0.25, 0.3) is 0 Å². The first-order valence-electron chi connectivity index (χ1n) is 3.10. The molecule has 0 bridgehead atoms. The lowest BCUT2D eigenvalue weighted by Gasteiger charge is -2.04. The van der Waals surface area contributed by atoms with E-state index in [1.165, 1.54) is 11.5 Å². The summed E-state index contributed by atoms with van der Waals surface area (Å²) in [5.41, 5.74) is 6.39. The summed E-state index contributed by atoms with van der Waals surface area (Å²) in [5, 5.41) is 12.4. The second kappa shape index (κ2) is 4.10. The smallest absolute Gasteiger partial charge is 0.116 e. The largest absolute Gasteiger partial charge is 0.396 e. The zero-order chi connectivity index (χ0) is 8.27. The van der Waals surface area contributed by atoms with Gasteiger partial charge in [-0.05, 0) is 33.9 Å². The molecule has 6 heteroatoms. The molecule has 62 valence electrons. The van der Waals surface area contributed by atoms with E-state index in [-0.39, 0.29) is 12.6 Å². The highest BCUT2D eigenvalue weighted by molar-refractivity contribution is 9.11. The number of nitrogens with zero attached hydrogens (tertiary/aromatic N) is 2. The molecule has 0 aliphatic carbocycles. The lowest BCUT2D eigenvalue weighted by molar-refractivity contribution is 0.275. The van der Waals surface area contributed by atoms with Gasteiger partial charge < -0.3 is 10.8 Å². The average Bonchev–Trinajstić information content (AvgIpc) is 2.36. The lowest BCUT2D eigenvalue weighted by atomic mass is 10.2. The quantitative estimate of drug-likeness (QED) is 0.812. The minimum Gasteiger partial charge on any atom is -0.396 e. The van der Waals surface area contributed by atoms with Gasteiger partial charge in [0.1, 0.15) is 9.48 Å². The molecule has 1 unspecified atom stereocenters. The van der Waals surface area contributed by atoms with E-state index in [2.05, 4.69) is 25.5 Å². The van der Waals surface area contributed by atoms with E-state index in [1.807, 2.05) is 0 Å². The van der Waals surface area contributed by atoms with Crippen molar-refractivity contribution in [3.8, 4) is 0 Å². The highest BCUT2D eigenvalue weighted by atomic mass is 79.9. The normalized spacial score (nSPS) is 13.4. The zero-order valence-corrected chi connectivity index (χ0v) is 8.10. The first-order chi connectivity index (χ1) is 5.25. The molecule has 1 heterocycles. The fourth-order valence-electron chi connectivity index (χ4n) is 0.682. The van der Waals surface area contributed by atoms with Crippen LogP contribution < -0.4 is 5.73 Å². The van der Waals surface area contributed by atoms with Crippen molar-refractivity contribution in [2.75, 3.05) is 6.61 Å². The van der Waals surface area contributed by atoms with Crippen LogP contribution in [0, 0.1) is 0 Å². The van der Waals surface area contributed by atoms with Crippen molar-refractivity contribution in [3.63, 3.8) is 0 Å². The number of aliphatic hydroxyl groups is 1. The number of rotatable bonds is 3. The summed E-state index contributed by atoms with van der Waals surface area (Å²) in [6.45, 7) is 0.0745. The van der Waals surface area contributed by atoms with Crippen LogP contribution in [-0.2, 0) is 0 Å². The standard InChI is InChI=1S/C5H8BrN3OS/c6-5-4(8-9-11-5)3(7)1-2-10/h3,10H,1-2,7H2. The topological polar surface area (TPSA) is 72.0 Å². The number of hydrogen-bond acceptors (Lipinski definition) is 5. The molecule has 0 aliphatic heterocycles. The van der Waals surface area contributed by atoms with Gasteiger partial charge in [0.05, 0.1) is 6.04 Å². The fraction of sp³-hybridized carbons (Fsp3) is 0.600. The molecule has 3 N–H and O–H groups in total. The summed E-state index contributed by atoms with van der Waals surface area (Å²) in [7, 11) is 0. The number of hydrogen-bond donors (Lipinski definition) is 2. The van der Waals surface area contributed by atoms with Crippen LogP contribution in [-0.4, -0.2) is 21.3 Å². The van der Waals surface area contributed by atoms with E-state index >= 15 is 0 Å². The van der Waals surface area contributed by atoms with Gasteiger partial charge in [0, 0.05) is 6.61 Å². The Kier molecular flexibility index (Phi) is 3.38. The zero-order valence-electron chi connectivity index (χ0n) is 5.70. The molecular formula is C5H8BrN3OS. The van der Waals surface area contributed by atoms with Gasteiger partial charge in [-0.2, -0.15) is 0 Å². The Labute approximate surface area is 76.7 Å². The van der Waals surface area contributed by atoms with E-state index in [0.717, 1.165) is 9.48 Å². The maximum atomic E-state index is 8.59. The minimum atomic E-state index is -0.215. The third-order valence-corrected chi connectivity index (χ3v) is 2.64. The first-order valence-corrected chi connectivity index (χ1v) is 4.66. The Morgan fingerprint density at radius 2 is 2.45 bits per heavy atom. The van der Waals surface area contributed by atoms with Gasteiger partial charge in [-0.15, -0.1) is 5.10 Å². The van der Waals surface area contributed by atoms with Crippen LogP contribution in [0.25, 0.3) is 0 Å². The molecule has 0 fully saturated rings. The summed E-state index contributed by atoms with van der Waals surface area (Å²) in [6.07, 6.45) is 0.518. The van der Waals surface area contributed by atoms with E-state index in [0.29, 0.717) is 6.42 Å². The van der Waals surface area contributed by atoms with Crippen molar-refractivity contribution < 1.29 is 5.11 Å². The van der Waals surface area contributed by atoms with E-state index < -0.39 is 0 Å². The predicted molar refractivity (Wildman–Crippen MR) is 46.2 cm³/mol. The van der Waals surface area contributed by atoms with Gasteiger partial charge in [-0.25, -0.2) is 0 Å². The van der Waals surface area contributed by atoms with Crippen LogP contribution in [0.15, 0.2) is 3.79 Å². The predicted octanol–water partition coefficient (Wildman–Crippen LogP) is 0.683. The van der Waals surface area contributed by atoms with E-state index in [1.54, 1.807) is 0 Å². The Morgan fingerprint density at radius 1 is 1.73 bits per heavy atom. The highest BCUT2D eigenvalue weighted by Gasteiger charge is 2.12. The Hall–Kier alpha value is -0.0400. The summed E-state index contributed by atoms with van der Waals surface area (Å²) >= 11 is 4.52. The summed E-state index contributed by atoms with van der Waals surface area (Å²) in [4.78, 5) is 0. The maximum Gasteiger partial charge on any atom is 0.116 e. The number of aromatic nitrogens is 2. The van der Waals surface area contributed by atoms with Crippen molar-refractivity contribution >= 4 is 27.5 Å². The van der Waals surface area contributed by atoms with Crippen molar-refractivity contribution in [2.24, 2.45) is 5.73 Å². The Balaban J connectivity index is 2.67. The minimum absolute atomic E-state index is 0.0745. The molecule has 1 aromatic rings. The van der Waals surface area contributed by atoms with Crippen LogP contribution in [0.4, 0.5) is 0 Å². The lowest BCUT2D eigenvalue weighted by Crippen LogP contribution is -2.12. The van der Waals surface area contributed by atoms with Crippen LogP contribution >= 0.6 is 27.5 Å². The maximum absolute atomic E-state index is 8.59. The molecule has 0 amide bonds. The third-order valence-electron chi connectivity index (χ3n) is 1.26. The summed E-state index contributed by atoms with van der Waals surface area (Å²) < 4.78 is 4.55. The van der Waals surface area contributed by atoms with E-state index in [4.69, 9.17) is 10.8 Å². The molecule has 1 atom stereocenters. The van der Waals surface area contributed by atoms with Crippen LogP contribution in [0.1, 0.15) is 18.2 Å². The monoisotopic (exact) mass is 237 g/mol. The Morgan fingerprint density at radius 3 is 2.91 bits per heavy atom. The average molecular weight is 238 g/mol. The van der Waals surface area contributed by atoms with Gasteiger partial charge in [-0.1, -0.05) is 4.49 Å². The molecule has 11 heavy (non-hydrogen) atoms. The molecular weight excluding hydrogens is 230 g/mol. The highest BCUT2D eigenvalue weighted by Crippen LogP contribution is 2.24. The van der Waals surface area contributed by atoms with Crippen LogP contribution in [0.5, 0.6) is 0 Å². The summed E-state index contributed by atoms with van der Waals surface area (Å²) in [5.74, 6) is 0. The molecule has 1 aromatic heterocycles. The molecule has 0 aliphatic rings. The molecule has 0 aromatic carbocycles. The SMILES string of the molecule is NC(CCO)c1nnsc1Br.